The van der Waals surface area contributed by atoms with Gasteiger partial charge in [-0.25, -0.2) is 4.39 Å². The van der Waals surface area contributed by atoms with Gasteiger partial charge >= 0.3 is 0 Å². The molecule has 96 valence electrons. The maximum Gasteiger partial charge on any atom is 0.123 e. The predicted molar refractivity (Wildman–Crippen MR) is 71.5 cm³/mol. The normalized spacial score (nSPS) is 14.9. The number of nitrogens with one attached hydrogen (secondary N) is 1. The molecule has 0 saturated heterocycles. The van der Waals surface area contributed by atoms with Crippen molar-refractivity contribution in [3.05, 3.63) is 35.6 Å². The Bertz CT molecular complexity index is 318. The van der Waals surface area contributed by atoms with E-state index in [1.807, 2.05) is 12.1 Å². The lowest BCUT2D eigenvalue weighted by molar-refractivity contribution is 0.388. The van der Waals surface area contributed by atoms with E-state index in [0.29, 0.717) is 18.0 Å². The quantitative estimate of drug-likeness (QED) is 0.777. The van der Waals surface area contributed by atoms with Gasteiger partial charge in [-0.1, -0.05) is 32.9 Å². The van der Waals surface area contributed by atoms with Crippen LogP contribution in [0, 0.1) is 11.7 Å². The minimum Gasteiger partial charge on any atom is -0.307 e. The Morgan fingerprint density at radius 1 is 1.12 bits per heavy atom. The van der Waals surface area contributed by atoms with Crippen molar-refractivity contribution in [1.82, 2.24) is 5.32 Å². The Morgan fingerprint density at radius 3 is 2.18 bits per heavy atom. The molecule has 1 N–H and O–H groups in total. The van der Waals surface area contributed by atoms with E-state index >= 15 is 0 Å². The number of hydrogen-bond donors (Lipinski definition) is 1. The molecule has 0 radical (unpaired) electrons. The average Bonchev–Trinajstić information content (AvgIpc) is 2.26. The van der Waals surface area contributed by atoms with Crippen LogP contribution in [0.25, 0.3) is 0 Å². The summed E-state index contributed by atoms with van der Waals surface area (Å²) < 4.78 is 12.9. The molecule has 0 amide bonds. The van der Waals surface area contributed by atoms with E-state index in [4.69, 9.17) is 0 Å². The van der Waals surface area contributed by atoms with Crippen molar-refractivity contribution in [2.45, 2.75) is 52.6 Å². The summed E-state index contributed by atoms with van der Waals surface area (Å²) >= 11 is 0. The summed E-state index contributed by atoms with van der Waals surface area (Å²) in [5, 5.41) is 3.61. The minimum absolute atomic E-state index is 0.168. The fourth-order valence-corrected chi connectivity index (χ4v) is 2.26. The molecule has 0 aromatic heterocycles. The van der Waals surface area contributed by atoms with Crippen LogP contribution in [0.5, 0.6) is 0 Å². The van der Waals surface area contributed by atoms with E-state index in [1.165, 1.54) is 17.7 Å². The molecule has 0 heterocycles. The van der Waals surface area contributed by atoms with Gasteiger partial charge in [0.25, 0.3) is 0 Å². The van der Waals surface area contributed by atoms with Gasteiger partial charge in [-0.2, -0.15) is 0 Å². The van der Waals surface area contributed by atoms with Gasteiger partial charge < -0.3 is 5.32 Å². The Hall–Kier alpha value is -0.890. The number of rotatable bonds is 6. The van der Waals surface area contributed by atoms with Gasteiger partial charge in [-0.05, 0) is 43.4 Å². The summed E-state index contributed by atoms with van der Waals surface area (Å²) in [7, 11) is 0. The molecule has 2 unspecified atom stereocenters. The van der Waals surface area contributed by atoms with Crippen molar-refractivity contribution in [3.8, 4) is 0 Å². The highest BCUT2D eigenvalue weighted by molar-refractivity contribution is 5.19. The average molecular weight is 237 g/mol. The number of benzene rings is 1. The lowest BCUT2D eigenvalue weighted by Crippen LogP contribution is -2.31. The van der Waals surface area contributed by atoms with Crippen molar-refractivity contribution in [2.75, 3.05) is 0 Å². The molecule has 0 spiro atoms. The summed E-state index contributed by atoms with van der Waals surface area (Å²) in [5.74, 6) is 0.530. The summed E-state index contributed by atoms with van der Waals surface area (Å²) in [6.07, 6.45) is 2.19. The molecular weight excluding hydrogens is 213 g/mol. The maximum atomic E-state index is 12.9. The highest BCUT2D eigenvalue weighted by Crippen LogP contribution is 2.19. The second-order valence-electron chi connectivity index (χ2n) is 5.21. The van der Waals surface area contributed by atoms with E-state index in [-0.39, 0.29) is 5.82 Å². The predicted octanol–water partition coefficient (Wildman–Crippen LogP) is 4.30. The molecule has 2 heteroatoms. The molecule has 0 bridgehead atoms. The first-order valence-corrected chi connectivity index (χ1v) is 6.54. The van der Waals surface area contributed by atoms with E-state index < -0.39 is 0 Å². The smallest absolute Gasteiger partial charge is 0.123 e. The Morgan fingerprint density at radius 2 is 1.71 bits per heavy atom. The highest BCUT2D eigenvalue weighted by atomic mass is 19.1. The molecule has 2 atom stereocenters. The third-order valence-corrected chi connectivity index (χ3v) is 2.99. The fraction of sp³-hybridized carbons (Fsp3) is 0.600. The van der Waals surface area contributed by atoms with Gasteiger partial charge in [-0.3, -0.25) is 0 Å². The maximum absolute atomic E-state index is 12.9. The first-order chi connectivity index (χ1) is 8.02. The van der Waals surface area contributed by atoms with Crippen molar-refractivity contribution < 1.29 is 4.39 Å². The summed E-state index contributed by atoms with van der Waals surface area (Å²) in [6, 6.07) is 7.63. The first kappa shape index (κ1) is 14.2. The largest absolute Gasteiger partial charge is 0.307 e. The standard InChI is InChI=1S/C15H24FN/c1-5-15(17-12(4)10-11(2)3)13-6-8-14(16)9-7-13/h6-9,11-12,15,17H,5,10H2,1-4H3. The van der Waals surface area contributed by atoms with Gasteiger partial charge in [0.15, 0.2) is 0 Å². The molecule has 0 saturated carbocycles. The second-order valence-corrected chi connectivity index (χ2v) is 5.21. The van der Waals surface area contributed by atoms with E-state index in [1.54, 1.807) is 0 Å². The van der Waals surface area contributed by atoms with Gasteiger partial charge in [-0.15, -0.1) is 0 Å². The van der Waals surface area contributed by atoms with E-state index in [2.05, 4.69) is 33.0 Å². The molecular formula is C15H24FN. The zero-order chi connectivity index (χ0) is 12.8. The van der Waals surface area contributed by atoms with Crippen molar-refractivity contribution in [2.24, 2.45) is 5.92 Å². The minimum atomic E-state index is -0.168. The van der Waals surface area contributed by atoms with E-state index in [9.17, 15) is 4.39 Å². The number of halogens is 1. The molecule has 0 aliphatic rings. The molecule has 0 fully saturated rings. The van der Waals surface area contributed by atoms with Crippen LogP contribution in [0.3, 0.4) is 0 Å². The van der Waals surface area contributed by atoms with Crippen molar-refractivity contribution >= 4 is 0 Å². The summed E-state index contributed by atoms with van der Waals surface area (Å²) in [5.41, 5.74) is 1.17. The second kappa shape index (κ2) is 6.75. The Balaban J connectivity index is 2.62. The van der Waals surface area contributed by atoms with Crippen LogP contribution in [-0.2, 0) is 0 Å². The van der Waals surface area contributed by atoms with Crippen LogP contribution in [0.1, 0.15) is 52.1 Å². The van der Waals surface area contributed by atoms with E-state index in [0.717, 1.165) is 12.8 Å². The zero-order valence-electron chi connectivity index (χ0n) is 11.3. The van der Waals surface area contributed by atoms with Gasteiger partial charge in [0.2, 0.25) is 0 Å². The lowest BCUT2D eigenvalue weighted by atomic mass is 10.0. The van der Waals surface area contributed by atoms with Gasteiger partial charge in [0.05, 0.1) is 0 Å². The van der Waals surface area contributed by atoms with Crippen LogP contribution < -0.4 is 5.32 Å². The van der Waals surface area contributed by atoms with Crippen LogP contribution in [0.4, 0.5) is 4.39 Å². The third kappa shape index (κ3) is 4.86. The fourth-order valence-electron chi connectivity index (χ4n) is 2.26. The van der Waals surface area contributed by atoms with Gasteiger partial charge in [0.1, 0.15) is 5.82 Å². The van der Waals surface area contributed by atoms with Crippen LogP contribution in [0.15, 0.2) is 24.3 Å². The molecule has 1 nitrogen and oxygen atoms in total. The Labute approximate surface area is 104 Å². The SMILES string of the molecule is CCC(NC(C)CC(C)C)c1ccc(F)cc1. The van der Waals surface area contributed by atoms with Crippen LogP contribution >= 0.6 is 0 Å². The monoisotopic (exact) mass is 237 g/mol. The molecule has 1 rings (SSSR count). The lowest BCUT2D eigenvalue weighted by Gasteiger charge is -2.24. The summed E-state index contributed by atoms with van der Waals surface area (Å²) in [6.45, 7) is 8.84. The van der Waals surface area contributed by atoms with Crippen molar-refractivity contribution in [3.63, 3.8) is 0 Å². The topological polar surface area (TPSA) is 12.0 Å². The van der Waals surface area contributed by atoms with Crippen LogP contribution in [-0.4, -0.2) is 6.04 Å². The first-order valence-electron chi connectivity index (χ1n) is 6.54. The number of hydrogen-bond acceptors (Lipinski definition) is 1. The zero-order valence-corrected chi connectivity index (χ0v) is 11.3. The molecule has 1 aromatic carbocycles. The van der Waals surface area contributed by atoms with Crippen LogP contribution in [0.2, 0.25) is 0 Å². The molecule has 17 heavy (non-hydrogen) atoms. The highest BCUT2D eigenvalue weighted by Gasteiger charge is 2.13. The third-order valence-electron chi connectivity index (χ3n) is 2.99. The molecule has 0 aliphatic heterocycles. The van der Waals surface area contributed by atoms with Gasteiger partial charge in [0, 0.05) is 12.1 Å². The molecule has 1 aromatic rings. The Kier molecular flexibility index (Phi) is 5.63. The molecule has 0 aliphatic carbocycles. The van der Waals surface area contributed by atoms with Crippen molar-refractivity contribution in [1.29, 1.82) is 0 Å². The summed E-state index contributed by atoms with van der Waals surface area (Å²) in [4.78, 5) is 0.